The number of fused-ring (bicyclic) bond motifs is 1. The van der Waals surface area contributed by atoms with Crippen LogP contribution in [0.4, 0.5) is 0 Å². The van der Waals surface area contributed by atoms with Crippen LogP contribution in [0.1, 0.15) is 5.01 Å². The number of aliphatic hydroxyl groups is 4. The molecule has 1 aliphatic heterocycles. The van der Waals surface area contributed by atoms with E-state index < -0.39 is 37.3 Å². The van der Waals surface area contributed by atoms with Gasteiger partial charge in [0.15, 0.2) is 0 Å². The van der Waals surface area contributed by atoms with Crippen LogP contribution in [0.15, 0.2) is 39.1 Å². The minimum atomic E-state index is -1.55. The number of aryl methyl sites for hydroxylation is 1. The average molecular weight is 421 g/mol. The molecule has 2 aromatic heterocycles. The molecule has 0 saturated carbocycles. The van der Waals surface area contributed by atoms with Crippen molar-refractivity contribution in [2.24, 2.45) is 0 Å². The molecule has 4 N–H and O–H groups in total. The zero-order valence-corrected chi connectivity index (χ0v) is 16.1. The van der Waals surface area contributed by atoms with Crippen molar-refractivity contribution < 1.29 is 34.3 Å². The van der Waals surface area contributed by atoms with Gasteiger partial charge in [-0.3, -0.25) is 4.79 Å². The van der Waals surface area contributed by atoms with E-state index in [1.165, 1.54) is 35.8 Å². The van der Waals surface area contributed by atoms with Gasteiger partial charge in [-0.1, -0.05) is 0 Å². The van der Waals surface area contributed by atoms with Gasteiger partial charge in [-0.25, -0.2) is 4.98 Å². The van der Waals surface area contributed by atoms with Crippen LogP contribution in [0.3, 0.4) is 0 Å². The van der Waals surface area contributed by atoms with Crippen molar-refractivity contribution in [3.63, 3.8) is 0 Å². The second-order valence-corrected chi connectivity index (χ2v) is 7.77. The third kappa shape index (κ3) is 3.66. The first-order valence-corrected chi connectivity index (χ1v) is 9.72. The van der Waals surface area contributed by atoms with Crippen molar-refractivity contribution in [1.29, 1.82) is 0 Å². The molecule has 0 radical (unpaired) electrons. The molecule has 3 aromatic rings. The summed E-state index contributed by atoms with van der Waals surface area (Å²) in [4.78, 5) is 17.1. The van der Waals surface area contributed by atoms with Crippen LogP contribution < -0.4 is 10.2 Å². The lowest BCUT2D eigenvalue weighted by Gasteiger charge is -2.39. The van der Waals surface area contributed by atoms with Gasteiger partial charge in [0, 0.05) is 11.4 Å². The Hall–Kier alpha value is -2.34. The van der Waals surface area contributed by atoms with E-state index >= 15 is 0 Å². The summed E-state index contributed by atoms with van der Waals surface area (Å²) in [5.41, 5.74) is 0.915. The maximum atomic E-state index is 12.8. The highest BCUT2D eigenvalue weighted by atomic mass is 32.1. The van der Waals surface area contributed by atoms with Gasteiger partial charge in [0.05, 0.1) is 28.3 Å². The lowest BCUT2D eigenvalue weighted by molar-refractivity contribution is -0.277. The molecule has 5 atom stereocenters. The number of benzene rings is 1. The molecule has 1 aliphatic rings. The van der Waals surface area contributed by atoms with Gasteiger partial charge in [-0.2, -0.15) is 0 Å². The van der Waals surface area contributed by atoms with Crippen LogP contribution in [0, 0.1) is 6.92 Å². The Morgan fingerprint density at radius 1 is 1.21 bits per heavy atom. The monoisotopic (exact) mass is 421 g/mol. The van der Waals surface area contributed by atoms with Gasteiger partial charge in [-0.15, -0.1) is 11.3 Å². The first-order valence-electron chi connectivity index (χ1n) is 8.84. The average Bonchev–Trinajstić information content (AvgIpc) is 3.14. The molecular weight excluding hydrogens is 402 g/mol. The Labute approximate surface area is 168 Å². The second kappa shape index (κ2) is 7.82. The zero-order chi connectivity index (χ0) is 20.7. The predicted molar refractivity (Wildman–Crippen MR) is 103 cm³/mol. The van der Waals surface area contributed by atoms with Crippen LogP contribution in [0.2, 0.25) is 0 Å². The highest BCUT2D eigenvalue weighted by Gasteiger charge is 2.44. The summed E-state index contributed by atoms with van der Waals surface area (Å²) in [6.07, 6.45) is -5.64. The van der Waals surface area contributed by atoms with Crippen LogP contribution in [0.25, 0.3) is 22.2 Å². The van der Waals surface area contributed by atoms with Crippen LogP contribution >= 0.6 is 11.3 Å². The fourth-order valence-corrected chi connectivity index (χ4v) is 3.76. The summed E-state index contributed by atoms with van der Waals surface area (Å²) in [5, 5.41) is 42.0. The van der Waals surface area contributed by atoms with E-state index in [9.17, 15) is 25.2 Å². The summed E-state index contributed by atoms with van der Waals surface area (Å²) in [7, 11) is 0. The van der Waals surface area contributed by atoms with E-state index in [1.54, 1.807) is 5.38 Å². The molecular formula is C19H19NO8S. The molecule has 1 fully saturated rings. The topological polar surface area (TPSA) is 142 Å². The molecule has 4 rings (SSSR count). The first kappa shape index (κ1) is 20.0. The van der Waals surface area contributed by atoms with E-state index in [0.29, 0.717) is 16.6 Å². The lowest BCUT2D eigenvalue weighted by Crippen LogP contribution is -2.60. The number of hydrogen-bond acceptors (Lipinski definition) is 10. The predicted octanol–water partition coefficient (Wildman–Crippen LogP) is 0.404. The molecule has 1 aromatic carbocycles. The highest BCUT2D eigenvalue weighted by Crippen LogP contribution is 2.27. The van der Waals surface area contributed by atoms with E-state index in [-0.39, 0.29) is 16.8 Å². The molecule has 154 valence electrons. The van der Waals surface area contributed by atoms with Crippen LogP contribution in [-0.4, -0.2) is 62.7 Å². The van der Waals surface area contributed by atoms with Crippen LogP contribution in [-0.2, 0) is 4.74 Å². The van der Waals surface area contributed by atoms with Gasteiger partial charge >= 0.3 is 0 Å². The lowest BCUT2D eigenvalue weighted by atomic mass is 9.99. The summed E-state index contributed by atoms with van der Waals surface area (Å²) in [6, 6.07) is 4.47. The fourth-order valence-electron chi connectivity index (χ4n) is 3.14. The minimum Gasteiger partial charge on any atom is -0.463 e. The summed E-state index contributed by atoms with van der Waals surface area (Å²) in [6.45, 7) is 1.29. The third-order valence-electron chi connectivity index (χ3n) is 4.74. The standard InChI is InChI=1S/C19H19NO8S/c1-8-20-12(7-29-8)11-6-26-13-4-9(2-3-10(13)15(11)22)27-19-18(25)17(24)16(23)14(5-21)28-19/h2-4,6-7,14,16-19,21,23-25H,5H2,1H3/t14-,16+,17-,18-,19-/m1/s1. The molecule has 9 nitrogen and oxygen atoms in total. The quantitative estimate of drug-likeness (QED) is 0.471. The maximum Gasteiger partial charge on any atom is 0.229 e. The third-order valence-corrected chi connectivity index (χ3v) is 5.52. The van der Waals surface area contributed by atoms with E-state index in [0.717, 1.165) is 5.01 Å². The molecule has 3 heterocycles. The first-order chi connectivity index (χ1) is 13.9. The largest absolute Gasteiger partial charge is 0.463 e. The number of nitrogens with zero attached hydrogens (tertiary/aromatic N) is 1. The Morgan fingerprint density at radius 2 is 2.00 bits per heavy atom. The highest BCUT2D eigenvalue weighted by molar-refractivity contribution is 7.09. The molecule has 29 heavy (non-hydrogen) atoms. The van der Waals surface area contributed by atoms with Crippen molar-refractivity contribution in [1.82, 2.24) is 4.98 Å². The van der Waals surface area contributed by atoms with E-state index in [1.807, 2.05) is 6.92 Å². The Morgan fingerprint density at radius 3 is 2.69 bits per heavy atom. The molecule has 0 spiro atoms. The number of rotatable bonds is 4. The molecule has 0 bridgehead atoms. The molecule has 1 saturated heterocycles. The van der Waals surface area contributed by atoms with Crippen molar-refractivity contribution in [3.8, 4) is 17.0 Å². The Balaban J connectivity index is 1.62. The second-order valence-electron chi connectivity index (χ2n) is 6.70. The van der Waals surface area contributed by atoms with Gasteiger partial charge in [0.1, 0.15) is 42.0 Å². The normalized spacial score (nSPS) is 27.3. The smallest absolute Gasteiger partial charge is 0.229 e. The Bertz CT molecular complexity index is 1080. The van der Waals surface area contributed by atoms with Gasteiger partial charge < -0.3 is 34.3 Å². The van der Waals surface area contributed by atoms with Crippen LogP contribution in [0.5, 0.6) is 5.75 Å². The number of ether oxygens (including phenoxy) is 2. The summed E-state index contributed by atoms with van der Waals surface area (Å²) < 4.78 is 16.5. The molecule has 10 heteroatoms. The van der Waals surface area contributed by atoms with Gasteiger partial charge in [0.25, 0.3) is 0 Å². The summed E-state index contributed by atoms with van der Waals surface area (Å²) >= 11 is 1.43. The minimum absolute atomic E-state index is 0.210. The van der Waals surface area contributed by atoms with Gasteiger partial charge in [-0.05, 0) is 19.1 Å². The number of hydrogen-bond donors (Lipinski definition) is 4. The number of aliphatic hydroxyl groups excluding tert-OH is 4. The maximum absolute atomic E-state index is 12.8. The van der Waals surface area contributed by atoms with Crippen molar-refractivity contribution >= 4 is 22.3 Å². The number of aromatic nitrogens is 1. The Kier molecular flexibility index (Phi) is 5.38. The fraction of sp³-hybridized carbons (Fsp3) is 0.368. The molecule has 0 amide bonds. The van der Waals surface area contributed by atoms with Crippen molar-refractivity contribution in [2.75, 3.05) is 6.61 Å². The molecule has 0 unspecified atom stereocenters. The molecule has 0 aliphatic carbocycles. The number of thiazole rings is 1. The van der Waals surface area contributed by atoms with Crippen molar-refractivity contribution in [3.05, 3.63) is 45.1 Å². The van der Waals surface area contributed by atoms with E-state index in [4.69, 9.17) is 13.9 Å². The van der Waals surface area contributed by atoms with Crippen molar-refractivity contribution in [2.45, 2.75) is 37.6 Å². The van der Waals surface area contributed by atoms with Gasteiger partial charge in [0.2, 0.25) is 11.7 Å². The SMILES string of the molecule is Cc1nc(-c2coc3cc(O[C@@H]4O[C@H](CO)[C@H](O)[C@@H](O)[C@H]4O)ccc3c2=O)cs1. The van der Waals surface area contributed by atoms with E-state index in [2.05, 4.69) is 4.98 Å². The zero-order valence-electron chi connectivity index (χ0n) is 15.3. The summed E-state index contributed by atoms with van der Waals surface area (Å²) in [5.74, 6) is 0.210.